The third-order valence-electron chi connectivity index (χ3n) is 1.24. The molecule has 0 spiro atoms. The van der Waals surface area contributed by atoms with E-state index < -0.39 is 9.05 Å². The maximum Gasteiger partial charge on any atom is 0.283 e. The molecule has 9 heteroatoms. The predicted molar refractivity (Wildman–Crippen MR) is 46.4 cm³/mol. The Morgan fingerprint density at radius 1 is 1.57 bits per heavy atom. The molecule has 1 aromatic rings. The SMILES string of the molecule is COCCOn1nncc1S(=O)(=O)Cl. The molecule has 0 saturated carbocycles. The molecule has 1 heterocycles. The first-order valence-electron chi connectivity index (χ1n) is 3.53. The molecule has 0 aliphatic rings. The number of nitrogens with zero attached hydrogens (tertiary/aromatic N) is 3. The van der Waals surface area contributed by atoms with Gasteiger partial charge in [-0.3, -0.25) is 0 Å². The van der Waals surface area contributed by atoms with Crippen molar-refractivity contribution < 1.29 is 18.0 Å². The van der Waals surface area contributed by atoms with Crippen molar-refractivity contribution in [3.8, 4) is 0 Å². The second-order valence-electron chi connectivity index (χ2n) is 2.21. The molecule has 0 unspecified atom stereocenters. The third-order valence-corrected chi connectivity index (χ3v) is 2.48. The highest BCUT2D eigenvalue weighted by Gasteiger charge is 2.18. The Morgan fingerprint density at radius 2 is 2.29 bits per heavy atom. The first-order valence-corrected chi connectivity index (χ1v) is 5.84. The van der Waals surface area contributed by atoms with E-state index in [4.69, 9.17) is 20.3 Å². The average molecular weight is 242 g/mol. The van der Waals surface area contributed by atoms with Crippen molar-refractivity contribution >= 4 is 19.7 Å². The lowest BCUT2D eigenvalue weighted by Crippen LogP contribution is -2.20. The molecule has 0 amide bonds. The van der Waals surface area contributed by atoms with E-state index in [9.17, 15) is 8.42 Å². The van der Waals surface area contributed by atoms with E-state index in [2.05, 4.69) is 10.3 Å². The van der Waals surface area contributed by atoms with E-state index in [0.29, 0.717) is 6.61 Å². The number of aromatic nitrogens is 3. The summed E-state index contributed by atoms with van der Waals surface area (Å²) in [6.45, 7) is 0.459. The van der Waals surface area contributed by atoms with Crippen molar-refractivity contribution in [3.05, 3.63) is 6.20 Å². The Hall–Kier alpha value is -0.860. The van der Waals surface area contributed by atoms with Gasteiger partial charge in [0.05, 0.1) is 12.8 Å². The van der Waals surface area contributed by atoms with Gasteiger partial charge in [0.15, 0.2) is 0 Å². The van der Waals surface area contributed by atoms with Crippen LogP contribution < -0.4 is 4.84 Å². The van der Waals surface area contributed by atoms with Crippen LogP contribution in [0.3, 0.4) is 0 Å². The summed E-state index contributed by atoms with van der Waals surface area (Å²) in [5.74, 6) is 0. The predicted octanol–water partition coefficient (Wildman–Crippen LogP) is -0.719. The quantitative estimate of drug-likeness (QED) is 0.500. The molecule has 0 bridgehead atoms. The largest absolute Gasteiger partial charge is 0.392 e. The fraction of sp³-hybridized carbons (Fsp3) is 0.600. The van der Waals surface area contributed by atoms with Gasteiger partial charge < -0.3 is 9.57 Å². The summed E-state index contributed by atoms with van der Waals surface area (Å²) in [6.07, 6.45) is 0.995. The van der Waals surface area contributed by atoms with Crippen LogP contribution in [-0.4, -0.2) is 43.9 Å². The average Bonchev–Trinajstić information content (AvgIpc) is 2.52. The van der Waals surface area contributed by atoms with Crippen LogP contribution in [0.25, 0.3) is 0 Å². The van der Waals surface area contributed by atoms with Gasteiger partial charge in [-0.25, -0.2) is 8.42 Å². The molecular weight excluding hydrogens is 234 g/mol. The maximum atomic E-state index is 10.9. The number of methoxy groups -OCH3 is 1. The van der Waals surface area contributed by atoms with Crippen molar-refractivity contribution in [2.45, 2.75) is 5.03 Å². The second kappa shape index (κ2) is 4.58. The molecule has 14 heavy (non-hydrogen) atoms. The van der Waals surface area contributed by atoms with E-state index in [-0.39, 0.29) is 11.6 Å². The minimum absolute atomic E-state index is 0.152. The van der Waals surface area contributed by atoms with Crippen LogP contribution in [0.15, 0.2) is 11.2 Å². The molecule has 80 valence electrons. The molecular formula is C5H8ClN3O4S. The van der Waals surface area contributed by atoms with Gasteiger partial charge in [0.1, 0.15) is 6.61 Å². The zero-order chi connectivity index (χ0) is 10.6. The molecule has 0 N–H and O–H groups in total. The highest BCUT2D eigenvalue weighted by atomic mass is 35.7. The molecule has 0 aliphatic heterocycles. The minimum atomic E-state index is -3.88. The highest BCUT2D eigenvalue weighted by Crippen LogP contribution is 2.10. The summed E-state index contributed by atoms with van der Waals surface area (Å²) in [6, 6.07) is 0. The minimum Gasteiger partial charge on any atom is -0.392 e. The van der Waals surface area contributed by atoms with Gasteiger partial charge in [0.2, 0.25) is 5.03 Å². The van der Waals surface area contributed by atoms with Gasteiger partial charge in [-0.05, 0) is 5.21 Å². The Kier molecular flexibility index (Phi) is 3.67. The monoisotopic (exact) mass is 241 g/mol. The first-order chi connectivity index (χ1) is 6.55. The van der Waals surface area contributed by atoms with E-state index in [0.717, 1.165) is 11.0 Å². The van der Waals surface area contributed by atoms with Gasteiger partial charge in [0, 0.05) is 17.8 Å². The maximum absolute atomic E-state index is 10.9. The second-order valence-corrected chi connectivity index (χ2v) is 4.72. The summed E-state index contributed by atoms with van der Waals surface area (Å²) >= 11 is 0. The number of ether oxygens (including phenoxy) is 1. The zero-order valence-corrected chi connectivity index (χ0v) is 8.82. The van der Waals surface area contributed by atoms with Gasteiger partial charge in [-0.15, -0.1) is 5.10 Å². The molecule has 7 nitrogen and oxygen atoms in total. The lowest BCUT2D eigenvalue weighted by Gasteiger charge is -2.04. The van der Waals surface area contributed by atoms with Crippen molar-refractivity contribution in [1.82, 2.24) is 15.2 Å². The lowest BCUT2D eigenvalue weighted by atomic mass is 10.8. The van der Waals surface area contributed by atoms with Crippen molar-refractivity contribution in [3.63, 3.8) is 0 Å². The van der Waals surface area contributed by atoms with Gasteiger partial charge in [0.25, 0.3) is 9.05 Å². The molecule has 1 aromatic heterocycles. The Morgan fingerprint density at radius 3 is 2.86 bits per heavy atom. The molecule has 1 rings (SSSR count). The Labute approximate surface area is 84.9 Å². The topological polar surface area (TPSA) is 83.3 Å². The number of hydrogen-bond donors (Lipinski definition) is 0. The summed E-state index contributed by atoms with van der Waals surface area (Å²) in [7, 11) is 2.69. The fourth-order valence-corrected chi connectivity index (χ4v) is 1.41. The number of hydrogen-bond acceptors (Lipinski definition) is 6. The van der Waals surface area contributed by atoms with E-state index in [1.807, 2.05) is 0 Å². The van der Waals surface area contributed by atoms with Crippen LogP contribution in [0.5, 0.6) is 0 Å². The lowest BCUT2D eigenvalue weighted by molar-refractivity contribution is 0.0245. The highest BCUT2D eigenvalue weighted by molar-refractivity contribution is 8.13. The Balaban J connectivity index is 2.74. The van der Waals surface area contributed by atoms with Crippen molar-refractivity contribution in [2.75, 3.05) is 20.3 Å². The fourth-order valence-electron chi connectivity index (χ4n) is 0.668. The van der Waals surface area contributed by atoms with Crippen LogP contribution in [-0.2, 0) is 13.8 Å². The van der Waals surface area contributed by atoms with Crippen molar-refractivity contribution in [2.24, 2.45) is 0 Å². The summed E-state index contributed by atoms with van der Waals surface area (Å²) in [5, 5.41) is 6.42. The smallest absolute Gasteiger partial charge is 0.283 e. The molecule has 0 aliphatic carbocycles. The zero-order valence-electron chi connectivity index (χ0n) is 7.25. The van der Waals surface area contributed by atoms with Crippen LogP contribution in [0.1, 0.15) is 0 Å². The van der Waals surface area contributed by atoms with Crippen LogP contribution in [0.2, 0.25) is 0 Å². The summed E-state index contributed by atoms with van der Waals surface area (Å²) in [4.78, 5) is 5.64. The Bertz CT molecular complexity index is 389. The molecule has 0 saturated heterocycles. The van der Waals surface area contributed by atoms with Crippen LogP contribution in [0.4, 0.5) is 0 Å². The molecule has 0 fully saturated rings. The van der Waals surface area contributed by atoms with Crippen LogP contribution in [0, 0.1) is 0 Å². The van der Waals surface area contributed by atoms with Gasteiger partial charge in [-0.1, -0.05) is 4.85 Å². The summed E-state index contributed by atoms with van der Waals surface area (Å²) in [5.41, 5.74) is 0. The number of halogens is 1. The molecule has 0 aromatic carbocycles. The van der Waals surface area contributed by atoms with Gasteiger partial charge >= 0.3 is 0 Å². The van der Waals surface area contributed by atoms with E-state index >= 15 is 0 Å². The third kappa shape index (κ3) is 2.82. The van der Waals surface area contributed by atoms with Crippen LogP contribution >= 0.6 is 10.7 Å². The molecule has 0 radical (unpaired) electrons. The first kappa shape index (κ1) is 11.2. The van der Waals surface area contributed by atoms with Gasteiger partial charge in [-0.2, -0.15) is 0 Å². The normalized spacial score (nSPS) is 11.6. The van der Waals surface area contributed by atoms with E-state index in [1.165, 1.54) is 7.11 Å². The number of rotatable bonds is 5. The summed E-state index contributed by atoms with van der Waals surface area (Å²) < 4.78 is 26.5. The molecule has 0 atom stereocenters. The standard InChI is InChI=1S/C5H8ClN3O4S/c1-12-2-3-13-9-5(4-7-8-9)14(6,10)11/h4H,2-3H2,1H3. The van der Waals surface area contributed by atoms with E-state index in [1.54, 1.807) is 0 Å². The van der Waals surface area contributed by atoms with Crippen molar-refractivity contribution in [1.29, 1.82) is 0 Å².